The number of amides is 2. The van der Waals surface area contributed by atoms with Gasteiger partial charge in [0.15, 0.2) is 0 Å². The second kappa shape index (κ2) is 13.4. The van der Waals surface area contributed by atoms with Crippen LogP contribution in [0.25, 0.3) is 10.9 Å². The zero-order valence-electron chi connectivity index (χ0n) is 26.6. The summed E-state index contributed by atoms with van der Waals surface area (Å²) in [5, 5.41) is 0.836. The van der Waals surface area contributed by atoms with Crippen LogP contribution in [0, 0.1) is 0 Å². The van der Waals surface area contributed by atoms with Crippen molar-refractivity contribution in [3.8, 4) is 17.4 Å². The van der Waals surface area contributed by atoms with Crippen molar-refractivity contribution in [3.05, 3.63) is 108 Å². The number of fused-ring (bicyclic) bond motifs is 1. The Kier molecular flexibility index (Phi) is 9.05. The minimum absolute atomic E-state index is 0.0253. The van der Waals surface area contributed by atoms with Gasteiger partial charge in [0.05, 0.1) is 24.6 Å². The Morgan fingerprint density at radius 1 is 0.875 bits per heavy atom. The second-order valence-electron chi connectivity index (χ2n) is 11.5. The summed E-state index contributed by atoms with van der Waals surface area (Å²) in [5.41, 5.74) is 2.00. The first-order valence-corrected chi connectivity index (χ1v) is 15.2. The van der Waals surface area contributed by atoms with Gasteiger partial charge in [-0.2, -0.15) is 13.2 Å². The highest BCUT2D eigenvalue weighted by molar-refractivity contribution is 6.04. The molecular weight excluding hydrogens is 625 g/mol. The molecule has 0 atom stereocenters. The third-order valence-corrected chi connectivity index (χ3v) is 8.40. The third-order valence-electron chi connectivity index (χ3n) is 8.40. The first-order valence-electron chi connectivity index (χ1n) is 15.2. The van der Waals surface area contributed by atoms with Gasteiger partial charge in [0.25, 0.3) is 11.8 Å². The maximum atomic E-state index is 13.5. The van der Waals surface area contributed by atoms with Crippen LogP contribution in [-0.4, -0.2) is 76.5 Å². The number of alkyl halides is 3. The normalized spacial score (nSPS) is 13.8. The van der Waals surface area contributed by atoms with Crippen LogP contribution in [0.5, 0.6) is 17.4 Å². The van der Waals surface area contributed by atoms with E-state index in [4.69, 9.17) is 9.47 Å². The van der Waals surface area contributed by atoms with Crippen LogP contribution < -0.4 is 14.4 Å². The molecule has 248 valence electrons. The lowest BCUT2D eigenvalue weighted by atomic mass is 10.2. The SMILES string of the molecule is COc1ccc(CN2CCN(C(=O)c3cc4cc(Oc5ccc(N(C)C(=O)c6ccc(C(F)(F)F)cn6)cn5)ccc4n3C)CC2)cc1. The molecule has 13 heteroatoms. The lowest BCUT2D eigenvalue weighted by molar-refractivity contribution is -0.137. The molecule has 3 aromatic heterocycles. The molecule has 0 bridgehead atoms. The highest BCUT2D eigenvalue weighted by Gasteiger charge is 2.31. The fourth-order valence-corrected chi connectivity index (χ4v) is 5.59. The zero-order valence-corrected chi connectivity index (χ0v) is 26.6. The number of hydrogen-bond acceptors (Lipinski definition) is 7. The molecule has 6 rings (SSSR count). The summed E-state index contributed by atoms with van der Waals surface area (Å²) in [4.78, 5) is 39.7. The average molecular weight is 659 g/mol. The molecule has 10 nitrogen and oxygen atoms in total. The van der Waals surface area contributed by atoms with Gasteiger partial charge in [-0.25, -0.2) is 4.98 Å². The van der Waals surface area contributed by atoms with Crippen molar-refractivity contribution in [2.75, 3.05) is 45.2 Å². The standard InChI is InChI=1S/C35H33F3N6O4/c1-41(33(45)29-11-6-25(20-39-29)35(36,37)38)26-7-13-32(40-21-26)48-28-10-12-30-24(18-28)19-31(42(30)2)34(46)44-16-14-43(15-17-44)22-23-4-8-27(47-3)9-5-23/h4-13,18-21H,14-17,22H2,1-3H3. The Bertz CT molecular complexity index is 1920. The molecule has 1 saturated heterocycles. The van der Waals surface area contributed by atoms with Gasteiger partial charge in [-0.3, -0.25) is 19.5 Å². The van der Waals surface area contributed by atoms with Crippen LogP contribution in [0.1, 0.15) is 32.1 Å². The van der Waals surface area contributed by atoms with Crippen LogP contribution >= 0.6 is 0 Å². The Balaban J connectivity index is 1.07. The summed E-state index contributed by atoms with van der Waals surface area (Å²) in [5.74, 6) is 0.995. The van der Waals surface area contributed by atoms with Gasteiger partial charge in [0, 0.05) is 70.0 Å². The smallest absolute Gasteiger partial charge is 0.417 e. The molecule has 2 aromatic carbocycles. The average Bonchev–Trinajstić information content (AvgIpc) is 3.43. The molecule has 0 aliphatic carbocycles. The largest absolute Gasteiger partial charge is 0.497 e. The van der Waals surface area contributed by atoms with E-state index in [2.05, 4.69) is 27.0 Å². The molecule has 4 heterocycles. The topological polar surface area (TPSA) is 93.0 Å². The number of benzene rings is 2. The van der Waals surface area contributed by atoms with Crippen molar-refractivity contribution in [1.29, 1.82) is 0 Å². The van der Waals surface area contributed by atoms with E-state index in [1.807, 2.05) is 46.8 Å². The number of halogens is 3. The monoisotopic (exact) mass is 658 g/mol. The van der Waals surface area contributed by atoms with E-state index in [9.17, 15) is 22.8 Å². The number of aromatic nitrogens is 3. The van der Waals surface area contributed by atoms with E-state index in [0.717, 1.165) is 48.4 Å². The summed E-state index contributed by atoms with van der Waals surface area (Å²) >= 11 is 0. The molecule has 0 radical (unpaired) electrons. The van der Waals surface area contributed by atoms with Gasteiger partial charge < -0.3 is 23.8 Å². The molecule has 0 saturated carbocycles. The number of piperazine rings is 1. The molecule has 0 spiro atoms. The number of carbonyl (C=O) groups is 2. The lowest BCUT2D eigenvalue weighted by Crippen LogP contribution is -2.48. The summed E-state index contributed by atoms with van der Waals surface area (Å²) in [7, 11) is 5.00. The maximum absolute atomic E-state index is 13.5. The first kappa shape index (κ1) is 32.5. The molecule has 0 unspecified atom stereocenters. The van der Waals surface area contributed by atoms with Crippen LogP contribution in [0.3, 0.4) is 0 Å². The second-order valence-corrected chi connectivity index (χ2v) is 11.5. The zero-order chi connectivity index (χ0) is 34.0. The molecule has 1 aliphatic rings. The minimum Gasteiger partial charge on any atom is -0.497 e. The van der Waals surface area contributed by atoms with Crippen molar-refractivity contribution in [2.24, 2.45) is 7.05 Å². The summed E-state index contributed by atoms with van der Waals surface area (Å²) < 4.78 is 51.6. The fraction of sp³-hybridized carbons (Fsp3) is 0.257. The molecule has 5 aromatic rings. The summed E-state index contributed by atoms with van der Waals surface area (Å²) in [6.45, 7) is 3.64. The Morgan fingerprint density at radius 3 is 2.23 bits per heavy atom. The van der Waals surface area contributed by atoms with Crippen molar-refractivity contribution in [2.45, 2.75) is 12.7 Å². The first-order chi connectivity index (χ1) is 23.0. The number of methoxy groups -OCH3 is 1. The van der Waals surface area contributed by atoms with Crippen molar-refractivity contribution in [3.63, 3.8) is 0 Å². The number of aryl methyl sites for hydroxylation is 1. The Hall–Kier alpha value is -5.43. The van der Waals surface area contributed by atoms with Crippen LogP contribution in [0.2, 0.25) is 0 Å². The van der Waals surface area contributed by atoms with Crippen molar-refractivity contribution in [1.82, 2.24) is 24.3 Å². The number of ether oxygens (including phenoxy) is 2. The molecule has 1 fully saturated rings. The quantitative estimate of drug-likeness (QED) is 0.201. The van der Waals surface area contributed by atoms with E-state index in [-0.39, 0.29) is 17.5 Å². The van der Waals surface area contributed by atoms with Crippen molar-refractivity contribution < 1.29 is 32.2 Å². The number of carbonyl (C=O) groups excluding carboxylic acids is 2. The van der Waals surface area contributed by atoms with Gasteiger partial charge in [-0.1, -0.05) is 12.1 Å². The third kappa shape index (κ3) is 6.95. The number of pyridine rings is 2. The lowest BCUT2D eigenvalue weighted by Gasteiger charge is -2.34. The molecule has 2 amide bonds. The fourth-order valence-electron chi connectivity index (χ4n) is 5.59. The summed E-state index contributed by atoms with van der Waals surface area (Å²) in [6.07, 6.45) is -2.49. The van der Waals surface area contributed by atoms with E-state index < -0.39 is 17.6 Å². The number of rotatable bonds is 8. The van der Waals surface area contributed by atoms with Crippen LogP contribution in [-0.2, 0) is 19.8 Å². The van der Waals surface area contributed by atoms with Gasteiger partial charge in [0.1, 0.15) is 22.9 Å². The number of nitrogens with zero attached hydrogens (tertiary/aromatic N) is 6. The number of anilines is 1. The van der Waals surface area contributed by atoms with Gasteiger partial charge >= 0.3 is 6.18 Å². The Morgan fingerprint density at radius 2 is 1.60 bits per heavy atom. The molecule has 0 N–H and O–H groups in total. The van der Waals surface area contributed by atoms with Crippen LogP contribution in [0.4, 0.5) is 18.9 Å². The van der Waals surface area contributed by atoms with Gasteiger partial charge in [0.2, 0.25) is 5.88 Å². The predicted octanol–water partition coefficient (Wildman–Crippen LogP) is 6.02. The minimum atomic E-state index is -4.54. The van der Waals surface area contributed by atoms with E-state index in [1.54, 1.807) is 25.3 Å². The predicted molar refractivity (Wildman–Crippen MR) is 173 cm³/mol. The highest BCUT2D eigenvalue weighted by Crippen LogP contribution is 2.30. The molecule has 48 heavy (non-hydrogen) atoms. The van der Waals surface area contributed by atoms with Gasteiger partial charge in [-0.15, -0.1) is 0 Å². The van der Waals surface area contributed by atoms with E-state index >= 15 is 0 Å². The highest BCUT2D eigenvalue weighted by atomic mass is 19.4. The van der Waals surface area contributed by atoms with E-state index in [0.29, 0.717) is 36.4 Å². The van der Waals surface area contributed by atoms with Crippen molar-refractivity contribution >= 4 is 28.4 Å². The number of hydrogen-bond donors (Lipinski definition) is 0. The van der Waals surface area contributed by atoms with Gasteiger partial charge in [-0.05, 0) is 60.2 Å². The van der Waals surface area contributed by atoms with E-state index in [1.165, 1.54) is 23.7 Å². The summed E-state index contributed by atoms with van der Waals surface area (Å²) in [6, 6.07) is 20.4. The molecule has 1 aliphatic heterocycles. The Labute approximate surface area is 274 Å². The van der Waals surface area contributed by atoms with Crippen LogP contribution in [0.15, 0.2) is 85.2 Å². The molecular formula is C35H33F3N6O4. The maximum Gasteiger partial charge on any atom is 0.417 e.